The van der Waals surface area contributed by atoms with Gasteiger partial charge < -0.3 is 10.1 Å². The molecule has 1 aromatic heterocycles. The first kappa shape index (κ1) is 21.3. The molecule has 0 saturated carbocycles. The number of benzene rings is 1. The zero-order valence-electron chi connectivity index (χ0n) is 13.8. The lowest BCUT2D eigenvalue weighted by Crippen LogP contribution is -2.38. The van der Waals surface area contributed by atoms with E-state index >= 15 is 0 Å². The van der Waals surface area contributed by atoms with Gasteiger partial charge in [-0.05, 0) is 19.1 Å². The van der Waals surface area contributed by atoms with E-state index in [0.29, 0.717) is 20.2 Å². The van der Waals surface area contributed by atoms with Crippen LogP contribution in [0.4, 0.5) is 8.78 Å². The van der Waals surface area contributed by atoms with Crippen LogP contribution in [0.5, 0.6) is 0 Å². The Hall–Kier alpha value is -0.970. The van der Waals surface area contributed by atoms with Crippen molar-refractivity contribution < 1.29 is 18.3 Å². The molecule has 142 valence electrons. The Morgan fingerprint density at radius 2 is 2.12 bits per heavy atom. The fraction of sp³-hybridized carbons (Fsp3) is 0.375. The van der Waals surface area contributed by atoms with Gasteiger partial charge in [-0.3, -0.25) is 9.48 Å². The summed E-state index contributed by atoms with van der Waals surface area (Å²) in [7, 11) is 1.47. The number of nitrogens with one attached hydrogen (secondary N) is 1. The van der Waals surface area contributed by atoms with Gasteiger partial charge in [-0.25, -0.2) is 8.78 Å². The van der Waals surface area contributed by atoms with Crippen LogP contribution >= 0.6 is 45.8 Å². The number of carbonyl (C=O) groups is 1. The van der Waals surface area contributed by atoms with Crippen LogP contribution in [0.3, 0.4) is 0 Å². The highest BCUT2D eigenvalue weighted by atomic mass is 127. The third-order valence-electron chi connectivity index (χ3n) is 3.63. The number of ether oxygens (including phenoxy) is 1. The number of hydrogen-bond donors (Lipinski definition) is 1. The largest absolute Gasteiger partial charge is 0.361 e. The maximum atomic E-state index is 13.1. The Kier molecular flexibility index (Phi) is 7.63. The molecule has 2 atom stereocenters. The Morgan fingerprint density at radius 1 is 1.42 bits per heavy atom. The summed E-state index contributed by atoms with van der Waals surface area (Å²) in [5, 5.41) is 7.19. The fourth-order valence-corrected chi connectivity index (χ4v) is 3.41. The summed E-state index contributed by atoms with van der Waals surface area (Å²) in [5.74, 6) is -0.659. The van der Waals surface area contributed by atoms with E-state index in [1.807, 2.05) is 22.6 Å². The molecule has 1 aromatic carbocycles. The number of halogens is 5. The number of aromatic nitrogens is 2. The standard InChI is InChI=1S/C16H16Cl2F2IN3O2/c1-8(14(26-7-21)10-4-3-9(17)5-12(10)18)22-16(25)11-6-24(2)23-13(11)15(19)20/h3-6,8,14-15H,7H2,1-2H3,(H,22,25). The average molecular weight is 518 g/mol. The number of nitrogens with zero attached hydrogens (tertiary/aromatic N) is 2. The van der Waals surface area contributed by atoms with E-state index in [1.54, 1.807) is 25.1 Å². The van der Waals surface area contributed by atoms with Crippen molar-refractivity contribution >= 4 is 51.7 Å². The summed E-state index contributed by atoms with van der Waals surface area (Å²) in [6.45, 7) is 1.71. The summed E-state index contributed by atoms with van der Waals surface area (Å²) in [6, 6.07) is 4.41. The Morgan fingerprint density at radius 3 is 2.69 bits per heavy atom. The van der Waals surface area contributed by atoms with E-state index < -0.39 is 30.2 Å². The molecule has 1 amide bonds. The summed E-state index contributed by atoms with van der Waals surface area (Å²) < 4.78 is 33.4. The first-order valence-electron chi connectivity index (χ1n) is 7.49. The molecule has 0 bridgehead atoms. The van der Waals surface area contributed by atoms with Crippen molar-refractivity contribution in [2.45, 2.75) is 25.5 Å². The van der Waals surface area contributed by atoms with Gasteiger partial charge in [0.1, 0.15) is 11.8 Å². The molecule has 1 heterocycles. The van der Waals surface area contributed by atoms with E-state index in [2.05, 4.69) is 10.4 Å². The third kappa shape index (κ3) is 5.05. The molecule has 0 saturated heterocycles. The van der Waals surface area contributed by atoms with Gasteiger partial charge in [0, 0.05) is 28.9 Å². The predicted octanol–water partition coefficient (Wildman–Crippen LogP) is 4.93. The normalized spacial score (nSPS) is 13.7. The van der Waals surface area contributed by atoms with Crippen LogP contribution in [0, 0.1) is 0 Å². The summed E-state index contributed by atoms with van der Waals surface area (Å²) in [4.78, 5) is 12.5. The Bertz CT molecular complexity index is 789. The number of amides is 1. The molecule has 2 unspecified atom stereocenters. The van der Waals surface area contributed by atoms with Crippen LogP contribution in [0.15, 0.2) is 24.4 Å². The molecule has 0 radical (unpaired) electrons. The molecule has 10 heteroatoms. The van der Waals surface area contributed by atoms with E-state index in [4.69, 9.17) is 27.9 Å². The molecule has 0 aliphatic heterocycles. The number of aryl methyl sites for hydroxylation is 1. The highest BCUT2D eigenvalue weighted by molar-refractivity contribution is 14.1. The zero-order chi connectivity index (χ0) is 19.4. The van der Waals surface area contributed by atoms with Gasteiger partial charge in [0.25, 0.3) is 12.3 Å². The molecule has 0 spiro atoms. The fourth-order valence-electron chi connectivity index (χ4n) is 2.51. The lowest BCUT2D eigenvalue weighted by Gasteiger charge is -2.26. The van der Waals surface area contributed by atoms with E-state index in [-0.39, 0.29) is 5.56 Å². The van der Waals surface area contributed by atoms with Crippen molar-refractivity contribution in [1.29, 1.82) is 0 Å². The molecular formula is C16H16Cl2F2IN3O2. The van der Waals surface area contributed by atoms with Crippen LogP contribution in [0.2, 0.25) is 10.0 Å². The van der Waals surface area contributed by atoms with Crippen LogP contribution in [0.1, 0.15) is 41.1 Å². The molecular weight excluding hydrogens is 502 g/mol. The Labute approximate surface area is 173 Å². The molecule has 2 aromatic rings. The summed E-state index contributed by atoms with van der Waals surface area (Å²) in [6.07, 6.45) is -2.17. The minimum absolute atomic E-state index is 0.176. The number of hydrogen-bond acceptors (Lipinski definition) is 3. The van der Waals surface area contributed by atoms with Crippen LogP contribution in [-0.2, 0) is 11.8 Å². The van der Waals surface area contributed by atoms with Gasteiger partial charge in [0.2, 0.25) is 0 Å². The monoisotopic (exact) mass is 517 g/mol. The van der Waals surface area contributed by atoms with Gasteiger partial charge in [-0.1, -0.05) is 51.9 Å². The first-order valence-corrected chi connectivity index (χ1v) is 9.77. The molecule has 5 nitrogen and oxygen atoms in total. The average Bonchev–Trinajstić information content (AvgIpc) is 2.95. The smallest absolute Gasteiger partial charge is 0.282 e. The number of rotatable bonds is 7. The zero-order valence-corrected chi connectivity index (χ0v) is 17.5. The minimum atomic E-state index is -2.85. The molecule has 0 aliphatic carbocycles. The predicted molar refractivity (Wildman–Crippen MR) is 104 cm³/mol. The van der Waals surface area contributed by atoms with E-state index in [9.17, 15) is 13.6 Å². The number of alkyl halides is 3. The quantitative estimate of drug-likeness (QED) is 0.418. The second kappa shape index (κ2) is 9.29. The molecule has 2 rings (SSSR count). The van der Waals surface area contributed by atoms with Crippen LogP contribution in [0.25, 0.3) is 0 Å². The van der Waals surface area contributed by atoms with Crippen molar-refractivity contribution in [3.63, 3.8) is 0 Å². The van der Waals surface area contributed by atoms with Crippen molar-refractivity contribution in [2.75, 3.05) is 4.61 Å². The van der Waals surface area contributed by atoms with Crippen molar-refractivity contribution in [2.24, 2.45) is 7.05 Å². The second-order valence-electron chi connectivity index (χ2n) is 5.53. The Balaban J connectivity index is 2.24. The van der Waals surface area contributed by atoms with Gasteiger partial charge in [-0.2, -0.15) is 5.10 Å². The minimum Gasteiger partial charge on any atom is -0.361 e. The third-order valence-corrected chi connectivity index (χ3v) is 4.56. The molecule has 0 fully saturated rings. The van der Waals surface area contributed by atoms with E-state index in [0.717, 1.165) is 0 Å². The van der Waals surface area contributed by atoms with Gasteiger partial charge in [0.05, 0.1) is 16.2 Å². The summed E-state index contributed by atoms with van der Waals surface area (Å²) in [5.41, 5.74) is -0.0985. The maximum absolute atomic E-state index is 13.1. The first-order chi connectivity index (χ1) is 12.2. The van der Waals surface area contributed by atoms with Crippen LogP contribution < -0.4 is 5.32 Å². The lowest BCUT2D eigenvalue weighted by atomic mass is 10.0. The lowest BCUT2D eigenvalue weighted by molar-refractivity contribution is 0.0604. The molecule has 0 aliphatic rings. The maximum Gasteiger partial charge on any atom is 0.282 e. The SMILES string of the molecule is CC(NC(=O)c1cn(C)nc1C(F)F)C(OCI)c1ccc(Cl)cc1Cl. The van der Waals surface area contributed by atoms with Gasteiger partial charge >= 0.3 is 0 Å². The summed E-state index contributed by atoms with van der Waals surface area (Å²) >= 11 is 14.2. The number of carbonyl (C=O) groups excluding carboxylic acids is 1. The van der Waals surface area contributed by atoms with Crippen molar-refractivity contribution in [1.82, 2.24) is 15.1 Å². The van der Waals surface area contributed by atoms with Crippen molar-refractivity contribution in [3.05, 3.63) is 51.3 Å². The van der Waals surface area contributed by atoms with Gasteiger partial charge in [0.15, 0.2) is 0 Å². The molecule has 1 N–H and O–H groups in total. The highest BCUT2D eigenvalue weighted by Crippen LogP contribution is 2.31. The molecule has 26 heavy (non-hydrogen) atoms. The van der Waals surface area contributed by atoms with Crippen LogP contribution in [-0.4, -0.2) is 26.3 Å². The van der Waals surface area contributed by atoms with E-state index in [1.165, 1.54) is 17.9 Å². The second-order valence-corrected chi connectivity index (χ2v) is 6.99. The topological polar surface area (TPSA) is 56.2 Å². The van der Waals surface area contributed by atoms with Crippen molar-refractivity contribution in [3.8, 4) is 0 Å². The van der Waals surface area contributed by atoms with Gasteiger partial charge in [-0.15, -0.1) is 0 Å². The highest BCUT2D eigenvalue weighted by Gasteiger charge is 2.28.